The molecule has 4 rings (SSSR count). The molecule has 0 aromatic heterocycles. The molecule has 0 unspecified atom stereocenters. The van der Waals surface area contributed by atoms with Crippen LogP contribution in [-0.2, 0) is 26.2 Å². The van der Waals surface area contributed by atoms with Crippen molar-refractivity contribution >= 4 is 43.5 Å². The second kappa shape index (κ2) is 16.8. The van der Waals surface area contributed by atoms with Gasteiger partial charge in [-0.2, -0.15) is 30.3 Å². The van der Waals surface area contributed by atoms with E-state index in [4.69, 9.17) is 0 Å². The molecule has 0 aliphatic carbocycles. The van der Waals surface area contributed by atoms with Crippen LogP contribution >= 0.6 is 0 Å². The van der Waals surface area contributed by atoms with E-state index in [0.717, 1.165) is 0 Å². The van der Waals surface area contributed by atoms with Crippen LogP contribution in [0.2, 0.25) is 19.6 Å². The van der Waals surface area contributed by atoms with Crippen LogP contribution in [0.25, 0.3) is 21.5 Å². The molecule has 30 heavy (non-hydrogen) atoms. The van der Waals surface area contributed by atoms with E-state index in [9.17, 15) is 0 Å². The van der Waals surface area contributed by atoms with E-state index < -0.39 is 8.07 Å². The molecule has 0 fully saturated rings. The van der Waals surface area contributed by atoms with E-state index in [2.05, 4.69) is 112 Å². The topological polar surface area (TPSA) is 0 Å². The van der Waals surface area contributed by atoms with Gasteiger partial charge in [0.05, 0.1) is 0 Å². The van der Waals surface area contributed by atoms with E-state index in [0.29, 0.717) is 0 Å². The Labute approximate surface area is 202 Å². The van der Waals surface area contributed by atoms with Crippen LogP contribution in [-0.4, -0.2) is 22.0 Å². The summed E-state index contributed by atoms with van der Waals surface area (Å²) >= 11 is -0.306. The van der Waals surface area contributed by atoms with Crippen molar-refractivity contribution in [3.05, 3.63) is 114 Å². The standard InChI is InChI=1S/C13H9.C9H15Si.4CH3.Hf.2Si/c1-2-6-12-10(4-1)8-9-11-5-3-7-13(11)12;1-10(2,3)8-9-6-4-5-7-9;;;;;;;/h1-9H;4-7H,8H2,1-3H3;4*1H3;;;/q6*-1;;;. The van der Waals surface area contributed by atoms with E-state index >= 15 is 0 Å². The Hall–Kier alpha value is -0.819. The van der Waals surface area contributed by atoms with Crippen LogP contribution in [0.4, 0.5) is 0 Å². The third kappa shape index (κ3) is 11.0. The molecule has 0 saturated carbocycles. The molecule has 4 radical (unpaired) electrons. The van der Waals surface area contributed by atoms with Gasteiger partial charge < -0.3 is 29.7 Å². The monoisotopic (exact) mass is 612 g/mol. The fraction of sp³-hybridized carbons (Fsp3) is 0.154. The number of hydrogen-bond acceptors (Lipinski definition) is 0. The third-order valence-corrected chi connectivity index (χ3v) is 5.48. The zero-order chi connectivity index (χ0) is 19.0. The molecule has 0 bridgehead atoms. The Morgan fingerprint density at radius 3 is 2.00 bits per heavy atom. The Morgan fingerprint density at radius 2 is 1.43 bits per heavy atom. The Kier molecular flexibility index (Phi) is 19.0. The molecule has 0 spiro atoms. The first-order valence-corrected chi connectivity index (χ1v) is 24.3. The quantitative estimate of drug-likeness (QED) is 0.162. The van der Waals surface area contributed by atoms with Gasteiger partial charge in [0.1, 0.15) is 0 Å². The molecule has 0 nitrogen and oxygen atoms in total. The summed E-state index contributed by atoms with van der Waals surface area (Å²) in [6.07, 6.45) is 0. The minimum Gasteiger partial charge on any atom is -0.168 e. The van der Waals surface area contributed by atoms with E-state index in [1.54, 1.807) is 0 Å². The van der Waals surface area contributed by atoms with Crippen molar-refractivity contribution in [3.8, 4) is 0 Å². The smallest absolute Gasteiger partial charge is 0.0370 e. The van der Waals surface area contributed by atoms with Crippen LogP contribution in [0, 0.1) is 29.7 Å². The molecule has 0 saturated heterocycles. The van der Waals surface area contributed by atoms with Gasteiger partial charge in [0.25, 0.3) is 0 Å². The van der Waals surface area contributed by atoms with Crippen molar-refractivity contribution < 1.29 is 20.2 Å². The SMILES string of the molecule is C[Si](C)(C)Cc1cc[cH-]c1.[CH3-].[CH3-].[CH3-].[CH3-].[Si]=[Hf]=[Si].c1ccc2c(c1)ccc1[cH-]ccc12. The molecule has 0 heterocycles. The van der Waals surface area contributed by atoms with Crippen LogP contribution in [0.15, 0.2) is 78.9 Å². The van der Waals surface area contributed by atoms with Gasteiger partial charge in [-0.25, -0.2) is 11.6 Å². The van der Waals surface area contributed by atoms with Gasteiger partial charge in [-0.3, -0.25) is 0 Å². The van der Waals surface area contributed by atoms with Gasteiger partial charge >= 0.3 is 34.0 Å². The third-order valence-electron chi connectivity index (χ3n) is 4.01. The summed E-state index contributed by atoms with van der Waals surface area (Å²) in [4.78, 5) is 0. The first-order valence-electron chi connectivity index (χ1n) is 8.77. The summed E-state index contributed by atoms with van der Waals surface area (Å²) in [5.41, 5.74) is 1.51. The van der Waals surface area contributed by atoms with Crippen molar-refractivity contribution in [3.63, 3.8) is 0 Å². The van der Waals surface area contributed by atoms with Crippen LogP contribution < -0.4 is 0 Å². The molecule has 162 valence electrons. The summed E-state index contributed by atoms with van der Waals surface area (Å²) < 4.78 is 0. The summed E-state index contributed by atoms with van der Waals surface area (Å²) in [6.45, 7) is 13.8. The first-order chi connectivity index (χ1) is 12.4. The van der Waals surface area contributed by atoms with Gasteiger partial charge in [-0.05, 0) is 5.39 Å². The predicted molar refractivity (Wildman–Crippen MR) is 143 cm³/mol. The maximum absolute atomic E-state index is 3.29. The maximum Gasteiger partial charge on any atom is -0.0370 e. The second-order valence-electron chi connectivity index (χ2n) is 7.47. The molecule has 4 aromatic rings. The Balaban J connectivity index is -0.000000393. The normalized spacial score (nSPS) is 9.03. The molecular weight excluding hydrogens is 575 g/mol. The molecular formula is C26H36HfSi3-6. The number of rotatable bonds is 2. The summed E-state index contributed by atoms with van der Waals surface area (Å²) in [5.74, 6) is 0. The molecule has 4 aromatic carbocycles. The van der Waals surface area contributed by atoms with Crippen LogP contribution in [0.1, 0.15) is 5.56 Å². The molecule has 0 amide bonds. The van der Waals surface area contributed by atoms with Crippen LogP contribution in [0.3, 0.4) is 0 Å². The van der Waals surface area contributed by atoms with E-state index in [1.165, 1.54) is 33.2 Å². The Bertz CT molecular complexity index is 970. The van der Waals surface area contributed by atoms with Crippen molar-refractivity contribution in [1.29, 1.82) is 0 Å². The average Bonchev–Trinajstić information content (AvgIpc) is 3.26. The van der Waals surface area contributed by atoms with Crippen molar-refractivity contribution in [2.24, 2.45) is 0 Å². The second-order valence-corrected chi connectivity index (χ2v) is 22.0. The van der Waals surface area contributed by atoms with Crippen molar-refractivity contribution in [2.45, 2.75) is 25.7 Å². The van der Waals surface area contributed by atoms with Gasteiger partial charge in [-0.15, -0.1) is 22.9 Å². The minimum atomic E-state index is -0.862. The molecule has 4 heteroatoms. The van der Waals surface area contributed by atoms with Gasteiger partial charge in [0, 0.05) is 8.07 Å². The summed E-state index contributed by atoms with van der Waals surface area (Å²) in [5, 5.41) is 5.36. The van der Waals surface area contributed by atoms with Crippen molar-refractivity contribution in [1.82, 2.24) is 0 Å². The molecule has 0 N–H and O–H groups in total. The molecule has 0 aliphatic heterocycles. The van der Waals surface area contributed by atoms with E-state index in [1.807, 2.05) is 0 Å². The first kappa shape index (κ1) is 33.8. The predicted octanol–water partition coefficient (Wildman–Crippen LogP) is 7.57. The minimum absolute atomic E-state index is 0. The Morgan fingerprint density at radius 1 is 0.800 bits per heavy atom. The summed E-state index contributed by atoms with van der Waals surface area (Å²) in [6, 6.07) is 29.3. The fourth-order valence-electron chi connectivity index (χ4n) is 3.04. The zero-order valence-electron chi connectivity index (χ0n) is 19.7. The maximum atomic E-state index is 3.29. The average molecular weight is 611 g/mol. The number of fused-ring (bicyclic) bond motifs is 3. The largest absolute Gasteiger partial charge is 0.168 e. The van der Waals surface area contributed by atoms with Crippen molar-refractivity contribution in [2.75, 3.05) is 0 Å². The number of hydrogen-bond donors (Lipinski definition) is 0. The van der Waals surface area contributed by atoms with Gasteiger partial charge in [-0.1, -0.05) is 61.4 Å². The fourth-order valence-corrected chi connectivity index (χ4v) is 4.50. The molecule has 0 atom stereocenters. The zero-order valence-corrected chi connectivity index (χ0v) is 26.3. The van der Waals surface area contributed by atoms with Gasteiger partial charge in [0.2, 0.25) is 0 Å². The summed E-state index contributed by atoms with van der Waals surface area (Å²) in [7, 11) is -0.862. The molecule has 0 aliphatic rings. The van der Waals surface area contributed by atoms with E-state index in [-0.39, 0.29) is 49.9 Å². The van der Waals surface area contributed by atoms with Gasteiger partial charge in [0.15, 0.2) is 0 Å². The van der Waals surface area contributed by atoms with Crippen LogP contribution in [0.5, 0.6) is 0 Å². The number of benzene rings is 2.